The van der Waals surface area contributed by atoms with E-state index in [9.17, 15) is 9.00 Å². The second-order valence-electron chi connectivity index (χ2n) is 4.06. The van der Waals surface area contributed by atoms with E-state index in [0.717, 1.165) is 0 Å². The zero-order chi connectivity index (χ0) is 14.9. The summed E-state index contributed by atoms with van der Waals surface area (Å²) in [5.41, 5.74) is 0.590. The van der Waals surface area contributed by atoms with E-state index in [1.165, 1.54) is 12.1 Å². The number of carbonyl (C=O) groups is 1. The quantitative estimate of drug-likeness (QED) is 0.921. The first-order valence-corrected chi connectivity index (χ1v) is 7.62. The number of aromatic carboxylic acids is 1. The van der Waals surface area contributed by atoms with E-state index in [1.54, 1.807) is 19.1 Å². The van der Waals surface area contributed by atoms with Crippen LogP contribution in [-0.2, 0) is 16.6 Å². The number of halogens is 2. The molecule has 1 aromatic carbocycles. The fourth-order valence-corrected chi connectivity index (χ4v) is 3.18. The molecule has 20 heavy (non-hydrogen) atoms. The molecule has 0 spiro atoms. The molecule has 1 N–H and O–H groups in total. The summed E-state index contributed by atoms with van der Waals surface area (Å²) in [6, 6.07) is 6.11. The molecular formula is C13H10Cl2O4S. The van der Waals surface area contributed by atoms with Gasteiger partial charge >= 0.3 is 5.97 Å². The molecule has 2 rings (SSSR count). The van der Waals surface area contributed by atoms with Crippen LogP contribution >= 0.6 is 23.2 Å². The summed E-state index contributed by atoms with van der Waals surface area (Å²) in [5, 5.41) is 9.55. The standard InChI is InChI=1S/C13H10Cl2O4S/c1-7-8(4-12(19-7)13(16)17)6-20(18)9-2-3-10(14)11(15)5-9/h2-5H,6H2,1H3,(H,16,17). The van der Waals surface area contributed by atoms with Crippen LogP contribution in [0.2, 0.25) is 10.0 Å². The number of rotatable bonds is 4. The van der Waals surface area contributed by atoms with Gasteiger partial charge in [-0.25, -0.2) is 4.79 Å². The van der Waals surface area contributed by atoms with Crippen molar-refractivity contribution in [2.75, 3.05) is 0 Å². The maximum Gasteiger partial charge on any atom is 0.371 e. The maximum atomic E-state index is 12.2. The number of aryl methyl sites for hydroxylation is 1. The minimum atomic E-state index is -1.36. The van der Waals surface area contributed by atoms with Crippen molar-refractivity contribution < 1.29 is 18.5 Å². The van der Waals surface area contributed by atoms with Crippen LogP contribution in [0, 0.1) is 6.92 Å². The number of furan rings is 1. The van der Waals surface area contributed by atoms with Gasteiger partial charge in [0.15, 0.2) is 0 Å². The van der Waals surface area contributed by atoms with Gasteiger partial charge in [0.25, 0.3) is 0 Å². The van der Waals surface area contributed by atoms with Crippen molar-refractivity contribution in [1.82, 2.24) is 0 Å². The highest BCUT2D eigenvalue weighted by atomic mass is 35.5. The minimum Gasteiger partial charge on any atom is -0.475 e. The van der Waals surface area contributed by atoms with Gasteiger partial charge in [0.2, 0.25) is 5.76 Å². The van der Waals surface area contributed by atoms with Crippen LogP contribution < -0.4 is 0 Å². The minimum absolute atomic E-state index is 0.153. The fraction of sp³-hybridized carbons (Fsp3) is 0.154. The molecule has 0 aliphatic heterocycles. The zero-order valence-electron chi connectivity index (χ0n) is 10.4. The van der Waals surface area contributed by atoms with Crippen LogP contribution in [0.1, 0.15) is 21.9 Å². The third-order valence-corrected chi connectivity index (χ3v) is 4.76. The molecule has 1 aromatic heterocycles. The Balaban J connectivity index is 2.23. The van der Waals surface area contributed by atoms with Gasteiger partial charge in [0.05, 0.1) is 26.6 Å². The average molecular weight is 333 g/mol. The van der Waals surface area contributed by atoms with E-state index in [2.05, 4.69) is 0 Å². The van der Waals surface area contributed by atoms with Crippen molar-refractivity contribution in [2.24, 2.45) is 0 Å². The fourth-order valence-electron chi connectivity index (χ4n) is 1.61. The van der Waals surface area contributed by atoms with E-state index in [0.29, 0.717) is 26.3 Å². The molecule has 0 aliphatic carbocycles. The van der Waals surface area contributed by atoms with Crippen LogP contribution in [0.15, 0.2) is 33.6 Å². The smallest absolute Gasteiger partial charge is 0.371 e. The van der Waals surface area contributed by atoms with Gasteiger partial charge in [-0.2, -0.15) is 0 Å². The van der Waals surface area contributed by atoms with Crippen LogP contribution in [0.4, 0.5) is 0 Å². The van der Waals surface area contributed by atoms with E-state index in [1.807, 2.05) is 0 Å². The Morgan fingerprint density at radius 3 is 2.55 bits per heavy atom. The lowest BCUT2D eigenvalue weighted by atomic mass is 10.3. The Bertz CT molecular complexity index is 694. The molecule has 0 bridgehead atoms. The van der Waals surface area contributed by atoms with Crippen LogP contribution in [0.3, 0.4) is 0 Å². The lowest BCUT2D eigenvalue weighted by molar-refractivity contribution is 0.0661. The molecule has 0 fully saturated rings. The summed E-state index contributed by atoms with van der Waals surface area (Å²) >= 11 is 11.7. The summed E-state index contributed by atoms with van der Waals surface area (Å²) in [4.78, 5) is 11.3. The van der Waals surface area contributed by atoms with Crippen molar-refractivity contribution in [2.45, 2.75) is 17.6 Å². The second kappa shape index (κ2) is 5.99. The predicted octanol–water partition coefficient (Wildman–Crippen LogP) is 3.90. The van der Waals surface area contributed by atoms with Gasteiger partial charge in [0, 0.05) is 10.5 Å². The number of hydrogen-bond donors (Lipinski definition) is 1. The summed E-state index contributed by atoms with van der Waals surface area (Å²) in [7, 11) is -1.36. The predicted molar refractivity (Wildman–Crippen MR) is 77.0 cm³/mol. The first-order valence-electron chi connectivity index (χ1n) is 5.54. The lowest BCUT2D eigenvalue weighted by Crippen LogP contribution is -1.97. The van der Waals surface area contributed by atoms with Gasteiger partial charge < -0.3 is 9.52 Å². The maximum absolute atomic E-state index is 12.2. The van der Waals surface area contributed by atoms with E-state index >= 15 is 0 Å². The molecule has 2 aromatic rings. The number of hydrogen-bond acceptors (Lipinski definition) is 3. The van der Waals surface area contributed by atoms with Gasteiger partial charge in [-0.15, -0.1) is 0 Å². The molecule has 7 heteroatoms. The first-order chi connectivity index (χ1) is 9.38. The van der Waals surface area contributed by atoms with Crippen molar-refractivity contribution in [3.8, 4) is 0 Å². The third kappa shape index (κ3) is 3.23. The Hall–Kier alpha value is -1.30. The van der Waals surface area contributed by atoms with Gasteiger partial charge in [0.1, 0.15) is 5.76 Å². The molecule has 0 aliphatic rings. The van der Waals surface area contributed by atoms with E-state index in [4.69, 9.17) is 32.7 Å². The highest BCUT2D eigenvalue weighted by Gasteiger charge is 2.16. The van der Waals surface area contributed by atoms with Crippen molar-refractivity contribution in [1.29, 1.82) is 0 Å². The van der Waals surface area contributed by atoms with E-state index < -0.39 is 16.8 Å². The Morgan fingerprint density at radius 1 is 1.30 bits per heavy atom. The third-order valence-electron chi connectivity index (χ3n) is 2.67. The molecule has 0 saturated carbocycles. The molecule has 1 atom stereocenters. The van der Waals surface area contributed by atoms with E-state index in [-0.39, 0.29) is 11.5 Å². The number of carboxylic acids is 1. The molecule has 0 radical (unpaired) electrons. The second-order valence-corrected chi connectivity index (χ2v) is 6.33. The normalized spacial score (nSPS) is 12.3. The van der Waals surface area contributed by atoms with Crippen molar-refractivity contribution in [3.63, 3.8) is 0 Å². The summed E-state index contributed by atoms with van der Waals surface area (Å²) < 4.78 is 17.3. The van der Waals surface area contributed by atoms with Crippen molar-refractivity contribution >= 4 is 40.0 Å². The molecule has 0 amide bonds. The highest BCUT2D eigenvalue weighted by Crippen LogP contribution is 2.26. The van der Waals surface area contributed by atoms with Gasteiger partial charge in [-0.1, -0.05) is 23.2 Å². The Labute approximate surface area is 127 Å². The van der Waals surface area contributed by atoms with Gasteiger partial charge in [-0.3, -0.25) is 4.21 Å². The SMILES string of the molecule is Cc1oc(C(=O)O)cc1CS(=O)c1ccc(Cl)c(Cl)c1. The molecule has 1 unspecified atom stereocenters. The largest absolute Gasteiger partial charge is 0.475 e. The Morgan fingerprint density at radius 2 is 2.00 bits per heavy atom. The molecular weight excluding hydrogens is 323 g/mol. The highest BCUT2D eigenvalue weighted by molar-refractivity contribution is 7.84. The van der Waals surface area contributed by atoms with Crippen molar-refractivity contribution in [3.05, 3.63) is 51.4 Å². The first kappa shape index (κ1) is 15.1. The lowest BCUT2D eigenvalue weighted by Gasteiger charge is -2.03. The molecule has 4 nitrogen and oxygen atoms in total. The molecule has 106 valence electrons. The monoisotopic (exact) mass is 332 g/mol. The number of benzene rings is 1. The number of carboxylic acid groups (broad SMARTS) is 1. The summed E-state index contributed by atoms with van der Waals surface area (Å²) in [6.45, 7) is 1.63. The molecule has 1 heterocycles. The topological polar surface area (TPSA) is 67.5 Å². The van der Waals surface area contributed by atoms with Crippen LogP contribution in [-0.4, -0.2) is 15.3 Å². The van der Waals surface area contributed by atoms with Crippen LogP contribution in [0.5, 0.6) is 0 Å². The zero-order valence-corrected chi connectivity index (χ0v) is 12.7. The Kier molecular flexibility index (Phi) is 4.52. The summed E-state index contributed by atoms with van der Waals surface area (Å²) in [6.07, 6.45) is 0. The van der Waals surface area contributed by atoms with Gasteiger partial charge in [-0.05, 0) is 31.2 Å². The average Bonchev–Trinajstić information content (AvgIpc) is 2.74. The van der Waals surface area contributed by atoms with Crippen LogP contribution in [0.25, 0.3) is 0 Å². The summed E-state index contributed by atoms with van der Waals surface area (Å²) in [5.74, 6) is -0.722. The molecule has 0 saturated heterocycles.